The first-order valence-corrected chi connectivity index (χ1v) is 7.61. The first kappa shape index (κ1) is 14.3. The summed E-state index contributed by atoms with van der Waals surface area (Å²) in [6.07, 6.45) is 7.24. The molecule has 2 rings (SSSR count). The quantitative estimate of drug-likeness (QED) is 0.815. The lowest BCUT2D eigenvalue weighted by molar-refractivity contribution is 0.320. The van der Waals surface area contributed by atoms with E-state index in [0.29, 0.717) is 6.04 Å². The van der Waals surface area contributed by atoms with Gasteiger partial charge in [0.05, 0.1) is 0 Å². The van der Waals surface area contributed by atoms with Gasteiger partial charge in [-0.05, 0) is 44.7 Å². The minimum atomic E-state index is 0.368. The SMILES string of the molecule is CCCNC(C)c1cccnc1N(C)CC1CCC1. The Kier molecular flexibility index (Phi) is 5.20. The number of aromatic nitrogens is 1. The first-order chi connectivity index (χ1) is 9.22. The number of pyridine rings is 1. The van der Waals surface area contributed by atoms with Crippen LogP contribution in [0.25, 0.3) is 0 Å². The van der Waals surface area contributed by atoms with Crippen LogP contribution in [0.2, 0.25) is 0 Å². The lowest BCUT2D eigenvalue weighted by Crippen LogP contribution is -2.31. The molecule has 1 unspecified atom stereocenters. The van der Waals surface area contributed by atoms with Crippen molar-refractivity contribution < 1.29 is 0 Å². The number of hydrogen-bond acceptors (Lipinski definition) is 3. The summed E-state index contributed by atoms with van der Waals surface area (Å²) < 4.78 is 0. The summed E-state index contributed by atoms with van der Waals surface area (Å²) in [7, 11) is 2.18. The summed E-state index contributed by atoms with van der Waals surface area (Å²) in [5.41, 5.74) is 1.32. The molecule has 3 nitrogen and oxygen atoms in total. The Bertz CT molecular complexity index is 387. The highest BCUT2D eigenvalue weighted by atomic mass is 15.2. The van der Waals surface area contributed by atoms with E-state index in [4.69, 9.17) is 0 Å². The van der Waals surface area contributed by atoms with Crippen molar-refractivity contribution in [3.05, 3.63) is 23.9 Å². The number of hydrogen-bond donors (Lipinski definition) is 1. The van der Waals surface area contributed by atoms with Crippen LogP contribution in [0.3, 0.4) is 0 Å². The fourth-order valence-corrected chi connectivity index (χ4v) is 2.69. The van der Waals surface area contributed by atoms with Crippen molar-refractivity contribution in [1.29, 1.82) is 0 Å². The predicted octanol–water partition coefficient (Wildman–Crippen LogP) is 3.38. The summed E-state index contributed by atoms with van der Waals surface area (Å²) in [5, 5.41) is 3.56. The summed E-state index contributed by atoms with van der Waals surface area (Å²) >= 11 is 0. The minimum Gasteiger partial charge on any atom is -0.359 e. The summed E-state index contributed by atoms with van der Waals surface area (Å²) in [4.78, 5) is 6.94. The fraction of sp³-hybridized carbons (Fsp3) is 0.688. The van der Waals surface area contributed by atoms with Gasteiger partial charge in [0, 0.05) is 31.4 Å². The van der Waals surface area contributed by atoms with Crippen LogP contribution < -0.4 is 10.2 Å². The molecule has 0 aliphatic heterocycles. The van der Waals surface area contributed by atoms with Crippen molar-refractivity contribution in [3.63, 3.8) is 0 Å². The van der Waals surface area contributed by atoms with Crippen molar-refractivity contribution >= 4 is 5.82 Å². The molecule has 1 aliphatic rings. The van der Waals surface area contributed by atoms with Crippen LogP contribution in [0, 0.1) is 5.92 Å². The zero-order chi connectivity index (χ0) is 13.7. The third kappa shape index (κ3) is 3.69. The van der Waals surface area contributed by atoms with E-state index in [0.717, 1.165) is 31.2 Å². The molecule has 0 radical (unpaired) electrons. The molecule has 1 atom stereocenters. The molecule has 1 aromatic heterocycles. The summed E-state index contributed by atoms with van der Waals surface area (Å²) in [6, 6.07) is 4.61. The minimum absolute atomic E-state index is 0.368. The standard InChI is InChI=1S/C16H27N3/c1-4-10-17-13(2)15-9-6-11-18-16(15)19(3)12-14-7-5-8-14/h6,9,11,13-14,17H,4-5,7-8,10,12H2,1-3H3. The monoisotopic (exact) mass is 261 g/mol. The second kappa shape index (κ2) is 6.90. The highest BCUT2D eigenvalue weighted by molar-refractivity contribution is 5.47. The number of nitrogens with one attached hydrogen (secondary N) is 1. The molecule has 1 N–H and O–H groups in total. The molecule has 1 aliphatic carbocycles. The highest BCUT2D eigenvalue weighted by Gasteiger charge is 2.21. The molecule has 1 fully saturated rings. The maximum atomic E-state index is 4.61. The van der Waals surface area contributed by atoms with Crippen LogP contribution in [0.1, 0.15) is 51.1 Å². The molecule has 0 bridgehead atoms. The third-order valence-electron chi connectivity index (χ3n) is 4.10. The number of rotatable bonds is 7. The Hall–Kier alpha value is -1.09. The molecular weight excluding hydrogens is 234 g/mol. The Labute approximate surface area is 117 Å². The third-order valence-corrected chi connectivity index (χ3v) is 4.10. The fourth-order valence-electron chi connectivity index (χ4n) is 2.69. The normalized spacial score (nSPS) is 17.0. The van der Waals surface area contributed by atoms with Crippen LogP contribution >= 0.6 is 0 Å². The lowest BCUT2D eigenvalue weighted by Gasteiger charge is -2.32. The number of nitrogens with zero attached hydrogens (tertiary/aromatic N) is 2. The van der Waals surface area contributed by atoms with Gasteiger partial charge in [0.15, 0.2) is 0 Å². The van der Waals surface area contributed by atoms with Crippen molar-refractivity contribution in [2.45, 2.75) is 45.6 Å². The van der Waals surface area contributed by atoms with Gasteiger partial charge in [0.2, 0.25) is 0 Å². The van der Waals surface area contributed by atoms with E-state index in [1.54, 1.807) is 0 Å². The molecule has 0 spiro atoms. The Morgan fingerprint density at radius 1 is 1.47 bits per heavy atom. The molecule has 19 heavy (non-hydrogen) atoms. The first-order valence-electron chi connectivity index (χ1n) is 7.61. The van der Waals surface area contributed by atoms with Crippen molar-refractivity contribution in [2.75, 3.05) is 25.0 Å². The van der Waals surface area contributed by atoms with Crippen molar-refractivity contribution in [3.8, 4) is 0 Å². The summed E-state index contributed by atoms with van der Waals surface area (Å²) in [6.45, 7) is 6.63. The average molecular weight is 261 g/mol. The van der Waals surface area contributed by atoms with E-state index in [1.807, 2.05) is 12.3 Å². The Morgan fingerprint density at radius 2 is 2.26 bits per heavy atom. The smallest absolute Gasteiger partial charge is 0.133 e. The second-order valence-electron chi connectivity index (χ2n) is 5.77. The van der Waals surface area contributed by atoms with Crippen LogP contribution in [0.5, 0.6) is 0 Å². The number of anilines is 1. The van der Waals surface area contributed by atoms with E-state index in [9.17, 15) is 0 Å². The van der Waals surface area contributed by atoms with Crippen LogP contribution in [-0.4, -0.2) is 25.1 Å². The molecule has 1 heterocycles. The van der Waals surface area contributed by atoms with Gasteiger partial charge in [0.1, 0.15) is 5.82 Å². The van der Waals surface area contributed by atoms with Gasteiger partial charge < -0.3 is 10.2 Å². The molecule has 106 valence electrons. The van der Waals surface area contributed by atoms with Crippen LogP contribution in [-0.2, 0) is 0 Å². The molecular formula is C16H27N3. The lowest BCUT2D eigenvalue weighted by atomic mass is 9.85. The predicted molar refractivity (Wildman–Crippen MR) is 81.6 cm³/mol. The van der Waals surface area contributed by atoms with Gasteiger partial charge in [-0.1, -0.05) is 19.4 Å². The van der Waals surface area contributed by atoms with Gasteiger partial charge in [-0.2, -0.15) is 0 Å². The van der Waals surface area contributed by atoms with Crippen LogP contribution in [0.15, 0.2) is 18.3 Å². The Balaban J connectivity index is 2.05. The van der Waals surface area contributed by atoms with E-state index < -0.39 is 0 Å². The molecule has 0 aromatic carbocycles. The average Bonchev–Trinajstić information content (AvgIpc) is 2.40. The molecule has 1 saturated carbocycles. The van der Waals surface area contributed by atoms with Crippen LogP contribution in [0.4, 0.5) is 5.82 Å². The van der Waals surface area contributed by atoms with Gasteiger partial charge in [-0.25, -0.2) is 4.98 Å². The molecule has 1 aromatic rings. The topological polar surface area (TPSA) is 28.2 Å². The molecule has 3 heteroatoms. The molecule has 0 saturated heterocycles. The Morgan fingerprint density at radius 3 is 2.89 bits per heavy atom. The largest absolute Gasteiger partial charge is 0.359 e. The van der Waals surface area contributed by atoms with Gasteiger partial charge >= 0.3 is 0 Å². The maximum Gasteiger partial charge on any atom is 0.133 e. The van der Waals surface area contributed by atoms with E-state index in [-0.39, 0.29) is 0 Å². The van der Waals surface area contributed by atoms with E-state index >= 15 is 0 Å². The van der Waals surface area contributed by atoms with Gasteiger partial charge in [-0.15, -0.1) is 0 Å². The van der Waals surface area contributed by atoms with Gasteiger partial charge in [-0.3, -0.25) is 0 Å². The second-order valence-corrected chi connectivity index (χ2v) is 5.77. The van der Waals surface area contributed by atoms with Crippen molar-refractivity contribution in [1.82, 2.24) is 10.3 Å². The maximum absolute atomic E-state index is 4.61. The van der Waals surface area contributed by atoms with Crippen molar-refractivity contribution in [2.24, 2.45) is 5.92 Å². The zero-order valence-corrected chi connectivity index (χ0v) is 12.5. The van der Waals surface area contributed by atoms with E-state index in [1.165, 1.54) is 24.8 Å². The molecule has 0 amide bonds. The summed E-state index contributed by atoms with van der Waals surface area (Å²) in [5.74, 6) is 2.02. The van der Waals surface area contributed by atoms with E-state index in [2.05, 4.69) is 42.2 Å². The van der Waals surface area contributed by atoms with Gasteiger partial charge in [0.25, 0.3) is 0 Å². The zero-order valence-electron chi connectivity index (χ0n) is 12.5. The highest BCUT2D eigenvalue weighted by Crippen LogP contribution is 2.30.